The normalized spacial score (nSPS) is 11.4. The number of halogens is 2. The van der Waals surface area contributed by atoms with Crippen LogP contribution in [0.3, 0.4) is 0 Å². The first-order valence-electron chi connectivity index (χ1n) is 4.60. The highest BCUT2D eigenvalue weighted by atomic mass is 79.9. The first-order valence-corrected chi connectivity index (χ1v) is 7.05. The van der Waals surface area contributed by atoms with Gasteiger partial charge in [0.2, 0.25) is 10.0 Å². The molecule has 0 saturated heterocycles. The Balaban J connectivity index is 2.83. The first-order chi connectivity index (χ1) is 7.44. The van der Waals surface area contributed by atoms with Crippen molar-refractivity contribution in [3.63, 3.8) is 0 Å². The Morgan fingerprint density at radius 2 is 2.12 bits per heavy atom. The molecular weight excluding hydrogens is 299 g/mol. The molecule has 0 spiro atoms. The minimum Gasteiger partial charge on any atom is -0.330 e. The zero-order chi connectivity index (χ0) is 12.2. The standard InChI is InChI=1S/C9H12BrFN2O2S/c10-8-3-2-7(11)6-9(8)13-16(14,15)5-1-4-12/h2-3,6,13H,1,4-5,12H2. The summed E-state index contributed by atoms with van der Waals surface area (Å²) >= 11 is 3.13. The van der Waals surface area contributed by atoms with Crippen molar-refractivity contribution < 1.29 is 12.8 Å². The number of sulfonamides is 1. The van der Waals surface area contributed by atoms with E-state index in [2.05, 4.69) is 20.7 Å². The highest BCUT2D eigenvalue weighted by Gasteiger charge is 2.12. The molecule has 0 aliphatic heterocycles. The molecule has 0 bridgehead atoms. The van der Waals surface area contributed by atoms with Crippen LogP contribution in [0, 0.1) is 5.82 Å². The Bertz CT molecular complexity index is 465. The molecule has 0 saturated carbocycles. The third-order valence-electron chi connectivity index (χ3n) is 1.81. The van der Waals surface area contributed by atoms with Crippen LogP contribution in [-0.4, -0.2) is 20.7 Å². The summed E-state index contributed by atoms with van der Waals surface area (Å²) in [6.45, 7) is 0.297. The summed E-state index contributed by atoms with van der Waals surface area (Å²) in [5.41, 5.74) is 5.41. The molecule has 1 aromatic rings. The average Bonchev–Trinajstić information content (AvgIpc) is 2.20. The van der Waals surface area contributed by atoms with Crippen LogP contribution in [-0.2, 0) is 10.0 Å². The smallest absolute Gasteiger partial charge is 0.232 e. The van der Waals surface area contributed by atoms with E-state index in [-0.39, 0.29) is 11.4 Å². The van der Waals surface area contributed by atoms with Crippen LogP contribution in [0.25, 0.3) is 0 Å². The summed E-state index contributed by atoms with van der Waals surface area (Å²) in [6, 6.07) is 3.79. The molecule has 7 heteroatoms. The van der Waals surface area contributed by atoms with Crippen LogP contribution in [0.5, 0.6) is 0 Å². The second-order valence-corrected chi connectivity index (χ2v) is 5.88. The Morgan fingerprint density at radius 3 is 2.75 bits per heavy atom. The second kappa shape index (κ2) is 5.60. The predicted octanol–water partition coefficient (Wildman–Crippen LogP) is 1.68. The van der Waals surface area contributed by atoms with Crippen molar-refractivity contribution in [1.29, 1.82) is 0 Å². The van der Waals surface area contributed by atoms with Gasteiger partial charge >= 0.3 is 0 Å². The van der Waals surface area contributed by atoms with Crippen LogP contribution in [0.1, 0.15) is 6.42 Å². The predicted molar refractivity (Wildman–Crippen MR) is 65.2 cm³/mol. The molecule has 1 rings (SSSR count). The number of nitrogens with two attached hydrogens (primary N) is 1. The summed E-state index contributed by atoms with van der Waals surface area (Å²) in [5, 5.41) is 0. The summed E-state index contributed by atoms with van der Waals surface area (Å²) in [4.78, 5) is 0. The quantitative estimate of drug-likeness (QED) is 0.869. The minimum absolute atomic E-state index is 0.0769. The van der Waals surface area contributed by atoms with E-state index in [0.29, 0.717) is 17.4 Å². The number of anilines is 1. The molecule has 90 valence electrons. The van der Waals surface area contributed by atoms with Crippen molar-refractivity contribution in [3.05, 3.63) is 28.5 Å². The van der Waals surface area contributed by atoms with E-state index < -0.39 is 15.8 Å². The van der Waals surface area contributed by atoms with Crippen LogP contribution in [0.2, 0.25) is 0 Å². The van der Waals surface area contributed by atoms with Gasteiger partial charge in [0.1, 0.15) is 5.82 Å². The van der Waals surface area contributed by atoms with E-state index in [1.54, 1.807) is 0 Å². The van der Waals surface area contributed by atoms with Gasteiger partial charge in [-0.1, -0.05) is 0 Å². The maximum absolute atomic E-state index is 12.9. The number of hydrogen-bond donors (Lipinski definition) is 2. The van der Waals surface area contributed by atoms with Gasteiger partial charge in [-0.15, -0.1) is 0 Å². The lowest BCUT2D eigenvalue weighted by Gasteiger charge is -2.09. The van der Waals surface area contributed by atoms with Crippen LogP contribution in [0.15, 0.2) is 22.7 Å². The van der Waals surface area contributed by atoms with Gasteiger partial charge in [-0.05, 0) is 47.1 Å². The van der Waals surface area contributed by atoms with Gasteiger partial charge in [0.25, 0.3) is 0 Å². The van der Waals surface area contributed by atoms with Crippen molar-refractivity contribution in [2.75, 3.05) is 17.0 Å². The van der Waals surface area contributed by atoms with Crippen molar-refractivity contribution in [2.24, 2.45) is 5.73 Å². The third-order valence-corrected chi connectivity index (χ3v) is 3.86. The maximum Gasteiger partial charge on any atom is 0.232 e. The molecule has 0 unspecified atom stereocenters. The van der Waals surface area contributed by atoms with Gasteiger partial charge in [-0.3, -0.25) is 4.72 Å². The lowest BCUT2D eigenvalue weighted by atomic mass is 10.3. The van der Waals surface area contributed by atoms with Crippen molar-refractivity contribution in [1.82, 2.24) is 0 Å². The summed E-state index contributed by atoms with van der Waals surface area (Å²) in [7, 11) is -3.46. The monoisotopic (exact) mass is 310 g/mol. The fourth-order valence-electron chi connectivity index (χ4n) is 1.07. The SMILES string of the molecule is NCCCS(=O)(=O)Nc1cc(F)ccc1Br. The number of hydrogen-bond acceptors (Lipinski definition) is 3. The van der Waals surface area contributed by atoms with Crippen molar-refractivity contribution in [3.8, 4) is 0 Å². The van der Waals surface area contributed by atoms with Crippen LogP contribution in [0.4, 0.5) is 10.1 Å². The minimum atomic E-state index is -3.46. The van der Waals surface area contributed by atoms with E-state index in [1.807, 2.05) is 0 Å². The molecule has 0 fully saturated rings. The highest BCUT2D eigenvalue weighted by molar-refractivity contribution is 9.10. The topological polar surface area (TPSA) is 72.2 Å². The number of nitrogens with one attached hydrogen (secondary N) is 1. The maximum atomic E-state index is 12.9. The van der Waals surface area contributed by atoms with Gasteiger partial charge < -0.3 is 5.73 Å². The molecule has 0 radical (unpaired) electrons. The summed E-state index contributed by atoms with van der Waals surface area (Å²) in [6.07, 6.45) is 0.363. The largest absolute Gasteiger partial charge is 0.330 e. The Kier molecular flexibility index (Phi) is 4.69. The second-order valence-electron chi connectivity index (χ2n) is 3.19. The van der Waals surface area contributed by atoms with E-state index in [4.69, 9.17) is 5.73 Å². The molecule has 3 N–H and O–H groups in total. The lowest BCUT2D eigenvalue weighted by molar-refractivity contribution is 0.598. The molecule has 0 amide bonds. The lowest BCUT2D eigenvalue weighted by Crippen LogP contribution is -2.19. The third kappa shape index (κ3) is 4.07. The van der Waals surface area contributed by atoms with Crippen LogP contribution >= 0.6 is 15.9 Å². The molecule has 1 aromatic carbocycles. The van der Waals surface area contributed by atoms with Gasteiger partial charge in [0.15, 0.2) is 0 Å². The first kappa shape index (κ1) is 13.4. The van der Waals surface area contributed by atoms with Crippen molar-refractivity contribution >= 4 is 31.6 Å². The number of rotatable bonds is 5. The Morgan fingerprint density at radius 1 is 1.44 bits per heavy atom. The van der Waals surface area contributed by atoms with Gasteiger partial charge in [0, 0.05) is 4.47 Å². The molecule has 0 aromatic heterocycles. The Labute approximate surface area is 102 Å². The number of benzene rings is 1. The molecule has 0 aliphatic carbocycles. The highest BCUT2D eigenvalue weighted by Crippen LogP contribution is 2.24. The Hall–Kier alpha value is -0.660. The molecule has 4 nitrogen and oxygen atoms in total. The summed E-state index contributed by atoms with van der Waals surface area (Å²) < 4.78 is 38.7. The molecule has 16 heavy (non-hydrogen) atoms. The summed E-state index contributed by atoms with van der Waals surface area (Å²) in [5.74, 6) is -0.577. The zero-order valence-corrected chi connectivity index (χ0v) is 10.8. The van der Waals surface area contributed by atoms with Gasteiger partial charge in [0.05, 0.1) is 11.4 Å². The van der Waals surface area contributed by atoms with E-state index in [9.17, 15) is 12.8 Å². The van der Waals surface area contributed by atoms with Crippen molar-refractivity contribution in [2.45, 2.75) is 6.42 Å². The van der Waals surface area contributed by atoms with E-state index in [1.165, 1.54) is 12.1 Å². The van der Waals surface area contributed by atoms with E-state index in [0.717, 1.165) is 6.07 Å². The molecule has 0 heterocycles. The van der Waals surface area contributed by atoms with Crippen LogP contribution < -0.4 is 10.5 Å². The van der Waals surface area contributed by atoms with Gasteiger partial charge in [-0.2, -0.15) is 0 Å². The van der Waals surface area contributed by atoms with E-state index >= 15 is 0 Å². The zero-order valence-electron chi connectivity index (χ0n) is 8.41. The van der Waals surface area contributed by atoms with Gasteiger partial charge in [-0.25, -0.2) is 12.8 Å². The molecular formula is C9H12BrFN2O2S. The molecule has 0 aliphatic rings. The average molecular weight is 311 g/mol. The fourth-order valence-corrected chi connectivity index (χ4v) is 2.70. The molecule has 0 atom stereocenters. The fraction of sp³-hybridized carbons (Fsp3) is 0.333.